The molecule has 1 saturated heterocycles. The van der Waals surface area contributed by atoms with Crippen LogP contribution in [-0.2, 0) is 38.4 Å². The van der Waals surface area contributed by atoms with E-state index < -0.39 is 103 Å². The number of carboxylic acid groups (broad SMARTS) is 2. The van der Waals surface area contributed by atoms with Crippen LogP contribution in [0.5, 0.6) is 0 Å². The van der Waals surface area contributed by atoms with Crippen molar-refractivity contribution < 1.29 is 53.7 Å². The monoisotopic (exact) mass is 573 g/mol. The molecule has 0 aromatic heterocycles. The van der Waals surface area contributed by atoms with Crippen molar-refractivity contribution in [2.75, 3.05) is 6.54 Å². The van der Waals surface area contributed by atoms with E-state index in [0.717, 1.165) is 11.8 Å². The molecule has 1 aliphatic heterocycles. The van der Waals surface area contributed by atoms with Gasteiger partial charge in [0.2, 0.25) is 35.4 Å². The summed E-state index contributed by atoms with van der Waals surface area (Å²) in [6.45, 7) is 1.19. The Hall–Kier alpha value is -4.32. The molecule has 40 heavy (non-hydrogen) atoms. The highest BCUT2D eigenvalue weighted by Crippen LogP contribution is 2.20. The maximum Gasteiger partial charge on any atom is 0.305 e. The molecule has 0 bridgehead atoms. The topological polar surface area (TPSA) is 315 Å². The van der Waals surface area contributed by atoms with Gasteiger partial charge in [0, 0.05) is 13.0 Å². The number of carbonyl (C=O) groups excluding carboxylic acids is 6. The Bertz CT molecular complexity index is 1020. The van der Waals surface area contributed by atoms with Gasteiger partial charge in [-0.15, -0.1) is 0 Å². The predicted octanol–water partition coefficient (Wildman–Crippen LogP) is -5.16. The highest BCUT2D eigenvalue weighted by molar-refractivity contribution is 5.98. The van der Waals surface area contributed by atoms with E-state index in [4.69, 9.17) is 27.4 Å². The lowest BCUT2D eigenvalue weighted by molar-refractivity contribution is -0.145. The Morgan fingerprint density at radius 1 is 0.900 bits per heavy atom. The maximum absolute atomic E-state index is 13.3. The van der Waals surface area contributed by atoms with Gasteiger partial charge in [0.15, 0.2) is 0 Å². The molecule has 18 nitrogen and oxygen atoms in total. The zero-order valence-corrected chi connectivity index (χ0v) is 21.7. The second kappa shape index (κ2) is 15.3. The van der Waals surface area contributed by atoms with Gasteiger partial charge in [0.1, 0.15) is 24.2 Å². The molecule has 0 saturated carbocycles. The number of hydrogen-bond acceptors (Lipinski definition) is 10. The number of aliphatic hydroxyl groups excluding tert-OH is 1. The molecule has 6 amide bonds. The van der Waals surface area contributed by atoms with Gasteiger partial charge in [-0.05, 0) is 26.2 Å². The number of aliphatic carboxylic acids is 2. The molecule has 0 aliphatic carbocycles. The number of aliphatic hydroxyl groups is 1. The molecule has 0 spiro atoms. The van der Waals surface area contributed by atoms with Gasteiger partial charge in [0.25, 0.3) is 0 Å². The van der Waals surface area contributed by atoms with Crippen molar-refractivity contribution in [3.05, 3.63) is 0 Å². The summed E-state index contributed by atoms with van der Waals surface area (Å²) in [5.41, 5.74) is 15.8. The zero-order chi connectivity index (χ0) is 30.7. The van der Waals surface area contributed by atoms with Gasteiger partial charge in [-0.25, -0.2) is 0 Å². The third-order valence-corrected chi connectivity index (χ3v) is 5.96. The van der Waals surface area contributed by atoms with Crippen molar-refractivity contribution in [3.8, 4) is 0 Å². The summed E-state index contributed by atoms with van der Waals surface area (Å²) in [5, 5.41) is 34.5. The van der Waals surface area contributed by atoms with E-state index >= 15 is 0 Å². The summed E-state index contributed by atoms with van der Waals surface area (Å²) in [6.07, 6.45) is -3.33. The van der Waals surface area contributed by atoms with Crippen LogP contribution in [-0.4, -0.2) is 110 Å². The number of primary amides is 2. The van der Waals surface area contributed by atoms with Crippen LogP contribution < -0.4 is 33.2 Å². The molecule has 0 aromatic carbocycles. The van der Waals surface area contributed by atoms with E-state index in [-0.39, 0.29) is 19.4 Å². The third-order valence-electron chi connectivity index (χ3n) is 5.96. The van der Waals surface area contributed by atoms with Crippen molar-refractivity contribution in [2.45, 2.75) is 81.8 Å². The first kappa shape index (κ1) is 33.7. The highest BCUT2D eigenvalue weighted by atomic mass is 16.4. The van der Waals surface area contributed by atoms with Crippen molar-refractivity contribution in [1.82, 2.24) is 20.9 Å². The number of carboxylic acids is 2. The van der Waals surface area contributed by atoms with E-state index in [1.54, 1.807) is 0 Å². The minimum absolute atomic E-state index is 0.0257. The molecular formula is C22H35N7O11. The molecule has 1 heterocycles. The molecule has 1 rings (SSSR count). The van der Waals surface area contributed by atoms with Crippen molar-refractivity contribution in [1.29, 1.82) is 0 Å². The Kier molecular flexibility index (Phi) is 12.9. The number of nitrogens with one attached hydrogen (secondary N) is 3. The van der Waals surface area contributed by atoms with E-state index in [1.807, 2.05) is 0 Å². The number of carbonyl (C=O) groups is 8. The summed E-state index contributed by atoms with van der Waals surface area (Å²) in [7, 11) is 0. The number of rotatable bonds is 16. The molecule has 224 valence electrons. The fraction of sp³-hybridized carbons (Fsp3) is 0.636. The van der Waals surface area contributed by atoms with Crippen LogP contribution in [0.3, 0.4) is 0 Å². The Morgan fingerprint density at radius 2 is 1.52 bits per heavy atom. The largest absolute Gasteiger partial charge is 0.481 e. The average Bonchev–Trinajstić information content (AvgIpc) is 3.32. The van der Waals surface area contributed by atoms with Crippen LogP contribution in [0, 0.1) is 0 Å². The van der Waals surface area contributed by atoms with Crippen LogP contribution in [0.2, 0.25) is 0 Å². The zero-order valence-electron chi connectivity index (χ0n) is 21.7. The normalized spacial score (nSPS) is 18.4. The van der Waals surface area contributed by atoms with E-state index in [9.17, 15) is 43.5 Å². The molecule has 18 heteroatoms. The van der Waals surface area contributed by atoms with Crippen LogP contribution in [0.15, 0.2) is 0 Å². The van der Waals surface area contributed by atoms with Crippen molar-refractivity contribution in [2.24, 2.45) is 17.2 Å². The summed E-state index contributed by atoms with van der Waals surface area (Å²) in [4.78, 5) is 97.1. The van der Waals surface area contributed by atoms with Crippen LogP contribution in [0.4, 0.5) is 0 Å². The molecule has 12 N–H and O–H groups in total. The quantitative estimate of drug-likeness (QED) is 0.0837. The molecule has 0 unspecified atom stereocenters. The fourth-order valence-corrected chi connectivity index (χ4v) is 3.92. The van der Waals surface area contributed by atoms with Gasteiger partial charge in [-0.3, -0.25) is 38.4 Å². The lowest BCUT2D eigenvalue weighted by Gasteiger charge is -2.31. The molecule has 6 atom stereocenters. The van der Waals surface area contributed by atoms with Crippen LogP contribution in [0.1, 0.15) is 45.4 Å². The highest BCUT2D eigenvalue weighted by Gasteiger charge is 2.41. The predicted molar refractivity (Wildman–Crippen MR) is 132 cm³/mol. The van der Waals surface area contributed by atoms with Gasteiger partial charge in [-0.2, -0.15) is 0 Å². The summed E-state index contributed by atoms with van der Waals surface area (Å²) in [5.74, 6) is -8.56. The van der Waals surface area contributed by atoms with E-state index in [2.05, 4.69) is 16.0 Å². The number of nitrogens with zero attached hydrogens (tertiary/aromatic N) is 1. The summed E-state index contributed by atoms with van der Waals surface area (Å²) < 4.78 is 0. The van der Waals surface area contributed by atoms with Crippen LogP contribution in [0.25, 0.3) is 0 Å². The Labute approximate surface area is 228 Å². The van der Waals surface area contributed by atoms with E-state index in [0.29, 0.717) is 6.42 Å². The second-order valence-corrected chi connectivity index (χ2v) is 9.25. The number of nitrogens with two attached hydrogens (primary N) is 3. The fourth-order valence-electron chi connectivity index (χ4n) is 3.92. The van der Waals surface area contributed by atoms with Crippen molar-refractivity contribution in [3.63, 3.8) is 0 Å². The second-order valence-electron chi connectivity index (χ2n) is 9.25. The van der Waals surface area contributed by atoms with Crippen molar-refractivity contribution >= 4 is 47.4 Å². The van der Waals surface area contributed by atoms with Gasteiger partial charge in [-0.1, -0.05) is 0 Å². The summed E-state index contributed by atoms with van der Waals surface area (Å²) in [6, 6.07) is -7.38. The average molecular weight is 574 g/mol. The first-order valence-electron chi connectivity index (χ1n) is 12.2. The minimum atomic E-state index is -1.68. The lowest BCUT2D eigenvalue weighted by atomic mass is 10.1. The molecule has 1 aliphatic rings. The SMILES string of the molecule is C[C@@H](O)[C@H](NC(=O)[C@H](CC(N)=O)NC(=O)[C@@H](N)CC(=O)O)C(=O)N1CCC[C@H]1C(=O)N[C@@H](CCC(=O)O)C(N)=O. The summed E-state index contributed by atoms with van der Waals surface area (Å²) >= 11 is 0. The standard InChI is InChI=1S/C22H35N7O11/c1-9(30)17(28-20(38)12(8-14(24)31)27-19(37)10(23)7-16(34)35)22(40)29-6-2-3-13(29)21(39)26-11(18(25)36)4-5-15(32)33/h9-13,17,30H,2-8,23H2,1H3,(H2,24,31)(H2,25,36)(H,26,39)(H,27,37)(H,28,38)(H,32,33)(H,34,35)/t9-,10+,11+,12+,13+,17+/m1/s1. The first-order chi connectivity index (χ1) is 18.5. The molecule has 0 aromatic rings. The van der Waals surface area contributed by atoms with E-state index in [1.165, 1.54) is 0 Å². The minimum Gasteiger partial charge on any atom is -0.481 e. The maximum atomic E-state index is 13.3. The lowest BCUT2D eigenvalue weighted by Crippen LogP contribution is -2.61. The number of amides is 6. The Morgan fingerprint density at radius 3 is 2.02 bits per heavy atom. The molecular weight excluding hydrogens is 538 g/mol. The molecule has 1 fully saturated rings. The van der Waals surface area contributed by atoms with Gasteiger partial charge in [0.05, 0.1) is 25.0 Å². The smallest absolute Gasteiger partial charge is 0.305 e. The number of likely N-dealkylation sites (tertiary alicyclic amines) is 1. The number of hydrogen-bond donors (Lipinski definition) is 9. The first-order valence-corrected chi connectivity index (χ1v) is 12.2. The van der Waals surface area contributed by atoms with Gasteiger partial charge < -0.3 is 53.4 Å². The third kappa shape index (κ3) is 10.4. The van der Waals surface area contributed by atoms with Gasteiger partial charge >= 0.3 is 11.9 Å². The molecule has 0 radical (unpaired) electrons. The Balaban J connectivity index is 3.05. The van der Waals surface area contributed by atoms with Crippen LogP contribution >= 0.6 is 0 Å².